The van der Waals surface area contributed by atoms with Crippen LogP contribution in [0.2, 0.25) is 5.02 Å². The number of pyridine rings is 1. The summed E-state index contributed by atoms with van der Waals surface area (Å²) in [7, 11) is 0. The predicted octanol–water partition coefficient (Wildman–Crippen LogP) is 3.75. The van der Waals surface area contributed by atoms with Crippen LogP contribution in [0.3, 0.4) is 0 Å². The molecule has 0 atom stereocenters. The molecular formula is C12H8BrClN2O. The van der Waals surface area contributed by atoms with Crippen molar-refractivity contribution in [3.05, 3.63) is 57.7 Å². The van der Waals surface area contributed by atoms with Crippen molar-refractivity contribution in [1.29, 1.82) is 0 Å². The number of halogens is 2. The van der Waals surface area contributed by atoms with Gasteiger partial charge >= 0.3 is 0 Å². The molecule has 1 aromatic heterocycles. The number of hydrogen-bond donors (Lipinski definition) is 1. The van der Waals surface area contributed by atoms with Gasteiger partial charge in [-0.1, -0.05) is 33.6 Å². The van der Waals surface area contributed by atoms with Gasteiger partial charge in [0.2, 0.25) is 0 Å². The van der Waals surface area contributed by atoms with Crippen molar-refractivity contribution in [2.24, 2.45) is 0 Å². The molecule has 0 aliphatic heterocycles. The van der Waals surface area contributed by atoms with Gasteiger partial charge in [-0.15, -0.1) is 0 Å². The van der Waals surface area contributed by atoms with Crippen molar-refractivity contribution in [3.8, 4) is 0 Å². The average Bonchev–Trinajstić information content (AvgIpc) is 2.29. The summed E-state index contributed by atoms with van der Waals surface area (Å²) in [5, 5.41) is 3.22. The molecule has 3 nitrogen and oxygen atoms in total. The van der Waals surface area contributed by atoms with Crippen molar-refractivity contribution < 1.29 is 4.79 Å². The molecule has 0 saturated carbocycles. The lowest BCUT2D eigenvalue weighted by Gasteiger charge is -2.04. The fourth-order valence-corrected chi connectivity index (χ4v) is 1.82. The van der Waals surface area contributed by atoms with E-state index in [9.17, 15) is 4.79 Å². The summed E-state index contributed by atoms with van der Waals surface area (Å²) in [6.07, 6.45) is 1.61. The second kappa shape index (κ2) is 5.29. The van der Waals surface area contributed by atoms with Crippen LogP contribution in [-0.2, 0) is 0 Å². The Balaban J connectivity index is 2.17. The summed E-state index contributed by atoms with van der Waals surface area (Å²) >= 11 is 9.12. The number of carbonyl (C=O) groups excluding carboxylic acids is 1. The topological polar surface area (TPSA) is 42.0 Å². The molecule has 17 heavy (non-hydrogen) atoms. The molecule has 0 aliphatic rings. The Kier molecular flexibility index (Phi) is 3.76. The maximum Gasteiger partial charge on any atom is 0.256 e. The predicted molar refractivity (Wildman–Crippen MR) is 71.3 cm³/mol. The molecular weight excluding hydrogens is 304 g/mol. The van der Waals surface area contributed by atoms with E-state index in [1.165, 1.54) is 0 Å². The molecule has 0 bridgehead atoms. The van der Waals surface area contributed by atoms with Gasteiger partial charge in [0.1, 0.15) is 5.82 Å². The van der Waals surface area contributed by atoms with Gasteiger partial charge in [0.25, 0.3) is 5.91 Å². The number of hydrogen-bond acceptors (Lipinski definition) is 2. The van der Waals surface area contributed by atoms with E-state index in [0.29, 0.717) is 16.4 Å². The lowest BCUT2D eigenvalue weighted by molar-refractivity contribution is 0.102. The van der Waals surface area contributed by atoms with Gasteiger partial charge in [0.15, 0.2) is 0 Å². The van der Waals surface area contributed by atoms with Crippen LogP contribution < -0.4 is 5.32 Å². The summed E-state index contributed by atoms with van der Waals surface area (Å²) in [6, 6.07) is 10.3. The minimum atomic E-state index is -0.238. The smallest absolute Gasteiger partial charge is 0.256 e. The van der Waals surface area contributed by atoms with E-state index in [1.54, 1.807) is 42.6 Å². The SMILES string of the molecule is O=C(Nc1cc(Br)ccn1)c1cccc(Cl)c1. The largest absolute Gasteiger partial charge is 0.307 e. The molecule has 1 amide bonds. The van der Waals surface area contributed by atoms with Crippen LogP contribution in [-0.4, -0.2) is 10.9 Å². The molecule has 0 unspecified atom stereocenters. The minimum absolute atomic E-state index is 0.238. The Hall–Kier alpha value is -1.39. The van der Waals surface area contributed by atoms with Crippen molar-refractivity contribution in [1.82, 2.24) is 4.98 Å². The summed E-state index contributed by atoms with van der Waals surface area (Å²) in [6.45, 7) is 0. The number of aromatic nitrogens is 1. The Morgan fingerprint density at radius 1 is 1.29 bits per heavy atom. The normalized spacial score (nSPS) is 10.0. The van der Waals surface area contributed by atoms with Crippen molar-refractivity contribution in [2.75, 3.05) is 5.32 Å². The van der Waals surface area contributed by atoms with Gasteiger partial charge in [0, 0.05) is 21.3 Å². The first-order chi connectivity index (χ1) is 8.15. The molecule has 0 saturated heterocycles. The van der Waals surface area contributed by atoms with Crippen LogP contribution in [0.5, 0.6) is 0 Å². The first-order valence-electron chi connectivity index (χ1n) is 4.83. The van der Waals surface area contributed by atoms with Gasteiger partial charge in [0.05, 0.1) is 0 Å². The molecule has 0 radical (unpaired) electrons. The summed E-state index contributed by atoms with van der Waals surface area (Å²) in [5.74, 6) is 0.252. The third kappa shape index (κ3) is 3.28. The molecule has 1 aromatic carbocycles. The Labute approximate surface area is 112 Å². The van der Waals surface area contributed by atoms with Crippen molar-refractivity contribution >= 4 is 39.3 Å². The van der Waals surface area contributed by atoms with Crippen LogP contribution in [0, 0.1) is 0 Å². The van der Waals surface area contributed by atoms with E-state index in [4.69, 9.17) is 11.6 Å². The second-order valence-electron chi connectivity index (χ2n) is 3.32. The number of anilines is 1. The maximum atomic E-state index is 11.9. The fraction of sp³-hybridized carbons (Fsp3) is 0. The highest BCUT2D eigenvalue weighted by molar-refractivity contribution is 9.10. The van der Waals surface area contributed by atoms with Crippen LogP contribution in [0.25, 0.3) is 0 Å². The molecule has 0 aliphatic carbocycles. The van der Waals surface area contributed by atoms with Gasteiger partial charge in [-0.05, 0) is 30.3 Å². The lowest BCUT2D eigenvalue weighted by atomic mass is 10.2. The first-order valence-corrected chi connectivity index (χ1v) is 6.01. The zero-order valence-electron chi connectivity index (χ0n) is 8.65. The third-order valence-electron chi connectivity index (χ3n) is 2.05. The summed E-state index contributed by atoms with van der Waals surface area (Å²) in [5.41, 5.74) is 0.499. The van der Waals surface area contributed by atoms with E-state index in [0.717, 1.165) is 4.47 Å². The first kappa shape index (κ1) is 12.1. The minimum Gasteiger partial charge on any atom is -0.307 e. The summed E-state index contributed by atoms with van der Waals surface area (Å²) in [4.78, 5) is 15.9. The molecule has 2 aromatic rings. The van der Waals surface area contributed by atoms with E-state index in [2.05, 4.69) is 26.2 Å². The number of nitrogens with zero attached hydrogens (tertiary/aromatic N) is 1. The van der Waals surface area contributed by atoms with Gasteiger partial charge in [-0.2, -0.15) is 0 Å². The highest BCUT2D eigenvalue weighted by atomic mass is 79.9. The number of benzene rings is 1. The van der Waals surface area contributed by atoms with Gasteiger partial charge in [-0.3, -0.25) is 4.79 Å². The standard InChI is InChI=1S/C12H8BrClN2O/c13-9-4-5-15-11(7-9)16-12(17)8-2-1-3-10(14)6-8/h1-7H,(H,15,16,17). The van der Waals surface area contributed by atoms with Gasteiger partial charge in [-0.25, -0.2) is 4.98 Å². The monoisotopic (exact) mass is 310 g/mol. The van der Waals surface area contributed by atoms with Crippen LogP contribution in [0.15, 0.2) is 47.1 Å². The molecule has 0 spiro atoms. The second-order valence-corrected chi connectivity index (χ2v) is 4.68. The Morgan fingerprint density at radius 2 is 2.12 bits per heavy atom. The molecule has 0 fully saturated rings. The maximum absolute atomic E-state index is 11.9. The molecule has 86 valence electrons. The van der Waals surface area contributed by atoms with Crippen LogP contribution >= 0.6 is 27.5 Å². The van der Waals surface area contributed by atoms with E-state index in [-0.39, 0.29) is 5.91 Å². The van der Waals surface area contributed by atoms with E-state index >= 15 is 0 Å². The fourth-order valence-electron chi connectivity index (χ4n) is 1.29. The zero-order valence-corrected chi connectivity index (χ0v) is 11.0. The highest BCUT2D eigenvalue weighted by Crippen LogP contribution is 2.15. The van der Waals surface area contributed by atoms with Crippen LogP contribution in [0.1, 0.15) is 10.4 Å². The average molecular weight is 312 g/mol. The van der Waals surface area contributed by atoms with E-state index in [1.807, 2.05) is 0 Å². The van der Waals surface area contributed by atoms with E-state index < -0.39 is 0 Å². The van der Waals surface area contributed by atoms with Crippen molar-refractivity contribution in [2.45, 2.75) is 0 Å². The number of nitrogens with one attached hydrogen (secondary N) is 1. The third-order valence-corrected chi connectivity index (χ3v) is 2.78. The molecule has 1 N–H and O–H groups in total. The quantitative estimate of drug-likeness (QED) is 0.918. The lowest BCUT2D eigenvalue weighted by Crippen LogP contribution is -2.12. The highest BCUT2D eigenvalue weighted by Gasteiger charge is 2.07. The number of amides is 1. The Bertz CT molecular complexity index is 560. The van der Waals surface area contributed by atoms with Crippen molar-refractivity contribution in [3.63, 3.8) is 0 Å². The summed E-state index contributed by atoms with van der Waals surface area (Å²) < 4.78 is 0.855. The molecule has 2 rings (SSSR count). The van der Waals surface area contributed by atoms with Gasteiger partial charge < -0.3 is 5.32 Å². The van der Waals surface area contributed by atoms with Crippen LogP contribution in [0.4, 0.5) is 5.82 Å². The number of carbonyl (C=O) groups is 1. The Morgan fingerprint density at radius 3 is 2.82 bits per heavy atom. The molecule has 1 heterocycles. The number of rotatable bonds is 2. The molecule has 5 heteroatoms. The zero-order chi connectivity index (χ0) is 12.3.